The second kappa shape index (κ2) is 8.14. The molecule has 0 bridgehead atoms. The molecule has 0 amide bonds. The molecule has 2 aromatic heterocycles. The number of alkyl halides is 3. The summed E-state index contributed by atoms with van der Waals surface area (Å²) in [4.78, 5) is 15.5. The predicted molar refractivity (Wildman–Crippen MR) is 111 cm³/mol. The minimum absolute atomic E-state index is 0.0387. The lowest BCUT2D eigenvalue weighted by Crippen LogP contribution is -2.24. The third-order valence-corrected chi connectivity index (χ3v) is 4.89. The SMILES string of the molecule is CC(=O)c1cccc(Nc2nnc(C(c3ccncc3)C(F)(F)F)c3ccccc23)c1. The van der Waals surface area contributed by atoms with Gasteiger partial charge < -0.3 is 5.32 Å². The molecule has 0 radical (unpaired) electrons. The number of carbonyl (C=O) groups is 1. The van der Waals surface area contributed by atoms with Gasteiger partial charge in [0.15, 0.2) is 11.6 Å². The van der Waals surface area contributed by atoms with Crippen molar-refractivity contribution < 1.29 is 18.0 Å². The highest BCUT2D eigenvalue weighted by Crippen LogP contribution is 2.42. The molecule has 1 unspecified atom stereocenters. The van der Waals surface area contributed by atoms with E-state index in [2.05, 4.69) is 20.5 Å². The Kier molecular flexibility index (Phi) is 5.37. The second-order valence-corrected chi connectivity index (χ2v) is 7.00. The minimum atomic E-state index is -4.57. The molecule has 0 spiro atoms. The Balaban J connectivity index is 1.83. The van der Waals surface area contributed by atoms with E-state index >= 15 is 0 Å². The van der Waals surface area contributed by atoms with Crippen LogP contribution in [0.15, 0.2) is 73.1 Å². The highest BCUT2D eigenvalue weighted by atomic mass is 19.4. The minimum Gasteiger partial charge on any atom is -0.338 e. The van der Waals surface area contributed by atoms with Crippen molar-refractivity contribution in [2.75, 3.05) is 5.32 Å². The summed E-state index contributed by atoms with van der Waals surface area (Å²) >= 11 is 0. The van der Waals surface area contributed by atoms with Crippen LogP contribution in [0.1, 0.15) is 34.5 Å². The highest BCUT2D eigenvalue weighted by molar-refractivity contribution is 5.97. The first-order valence-electron chi connectivity index (χ1n) is 9.44. The van der Waals surface area contributed by atoms with Gasteiger partial charge in [-0.05, 0) is 36.8 Å². The molecule has 4 aromatic rings. The average molecular weight is 422 g/mol. The Bertz CT molecular complexity index is 1240. The zero-order valence-corrected chi connectivity index (χ0v) is 16.4. The molecule has 8 heteroatoms. The van der Waals surface area contributed by atoms with Crippen molar-refractivity contribution in [3.05, 3.63) is 89.9 Å². The smallest absolute Gasteiger partial charge is 0.338 e. The standard InChI is InChI=1S/C23H17F3N4O/c1-14(31)16-5-4-6-17(13-16)28-22-19-8-3-2-7-18(19)21(29-30-22)20(23(24,25)26)15-9-11-27-12-10-15/h2-13,20H,1H3,(H,28,30). The van der Waals surface area contributed by atoms with Crippen LogP contribution in [0.25, 0.3) is 10.8 Å². The number of aromatic nitrogens is 3. The van der Waals surface area contributed by atoms with Gasteiger partial charge in [0.05, 0.1) is 5.69 Å². The van der Waals surface area contributed by atoms with Gasteiger partial charge in [-0.3, -0.25) is 9.78 Å². The van der Waals surface area contributed by atoms with Crippen molar-refractivity contribution in [2.24, 2.45) is 0 Å². The fraction of sp³-hybridized carbons (Fsp3) is 0.130. The molecular weight excluding hydrogens is 405 g/mol. The van der Waals surface area contributed by atoms with Crippen molar-refractivity contribution in [3.63, 3.8) is 0 Å². The van der Waals surface area contributed by atoms with E-state index in [0.717, 1.165) is 0 Å². The molecule has 0 fully saturated rings. The van der Waals surface area contributed by atoms with Gasteiger partial charge in [-0.2, -0.15) is 18.3 Å². The van der Waals surface area contributed by atoms with E-state index in [1.807, 2.05) is 0 Å². The first-order chi connectivity index (χ1) is 14.8. The highest BCUT2D eigenvalue weighted by Gasteiger charge is 2.44. The number of benzene rings is 2. The van der Waals surface area contributed by atoms with Crippen molar-refractivity contribution >= 4 is 28.1 Å². The summed E-state index contributed by atoms with van der Waals surface area (Å²) < 4.78 is 42.2. The van der Waals surface area contributed by atoms with Gasteiger partial charge in [-0.1, -0.05) is 36.4 Å². The maximum atomic E-state index is 14.1. The van der Waals surface area contributed by atoms with Crippen LogP contribution in [0, 0.1) is 0 Å². The number of ketones is 1. The average Bonchev–Trinajstić information content (AvgIpc) is 2.75. The van der Waals surface area contributed by atoms with Crippen molar-refractivity contribution in [1.82, 2.24) is 15.2 Å². The van der Waals surface area contributed by atoms with Gasteiger partial charge in [-0.15, -0.1) is 5.10 Å². The summed E-state index contributed by atoms with van der Waals surface area (Å²) in [6, 6.07) is 16.1. The molecule has 0 aliphatic rings. The van der Waals surface area contributed by atoms with Crippen LogP contribution in [0.2, 0.25) is 0 Å². The topological polar surface area (TPSA) is 67.8 Å². The molecule has 2 heterocycles. The van der Waals surface area contributed by atoms with E-state index in [1.165, 1.54) is 31.5 Å². The molecule has 0 saturated heterocycles. The van der Waals surface area contributed by atoms with Crippen molar-refractivity contribution in [1.29, 1.82) is 0 Å². The molecule has 156 valence electrons. The lowest BCUT2D eigenvalue weighted by atomic mass is 9.92. The van der Waals surface area contributed by atoms with Gasteiger partial charge in [0.25, 0.3) is 0 Å². The van der Waals surface area contributed by atoms with E-state index < -0.39 is 12.1 Å². The lowest BCUT2D eigenvalue weighted by molar-refractivity contribution is -0.141. The van der Waals surface area contributed by atoms with Gasteiger partial charge in [-0.25, -0.2) is 0 Å². The Morgan fingerprint density at radius 3 is 2.32 bits per heavy atom. The van der Waals surface area contributed by atoms with Gasteiger partial charge in [0.1, 0.15) is 5.92 Å². The maximum Gasteiger partial charge on any atom is 0.401 e. The third kappa shape index (κ3) is 4.23. The number of hydrogen-bond acceptors (Lipinski definition) is 5. The van der Waals surface area contributed by atoms with Gasteiger partial charge in [0, 0.05) is 34.4 Å². The quantitative estimate of drug-likeness (QED) is 0.420. The first kappa shape index (κ1) is 20.5. The van der Waals surface area contributed by atoms with Gasteiger partial charge in [0.2, 0.25) is 0 Å². The summed E-state index contributed by atoms with van der Waals surface area (Å²) in [5.41, 5.74) is 0.948. The number of Topliss-reactive ketones (excluding diaryl/α,β-unsaturated/α-hetero) is 1. The number of hydrogen-bond donors (Lipinski definition) is 1. The molecule has 0 aliphatic carbocycles. The van der Waals surface area contributed by atoms with E-state index in [1.54, 1.807) is 48.5 Å². The first-order valence-corrected chi connectivity index (χ1v) is 9.44. The van der Waals surface area contributed by atoms with E-state index in [4.69, 9.17) is 0 Å². The molecule has 0 aliphatic heterocycles. The fourth-order valence-corrected chi connectivity index (χ4v) is 3.44. The third-order valence-electron chi connectivity index (χ3n) is 4.89. The molecule has 0 saturated carbocycles. The zero-order chi connectivity index (χ0) is 22.0. The largest absolute Gasteiger partial charge is 0.401 e. The van der Waals surface area contributed by atoms with E-state index in [-0.39, 0.29) is 17.0 Å². The fourth-order valence-electron chi connectivity index (χ4n) is 3.44. The van der Waals surface area contributed by atoms with Crippen LogP contribution in [0.4, 0.5) is 24.7 Å². The Morgan fingerprint density at radius 1 is 0.935 bits per heavy atom. The molecule has 2 aromatic carbocycles. The van der Waals surface area contributed by atoms with Crippen LogP contribution in [0.3, 0.4) is 0 Å². The van der Waals surface area contributed by atoms with Crippen molar-refractivity contribution in [2.45, 2.75) is 19.0 Å². The lowest BCUT2D eigenvalue weighted by Gasteiger charge is -2.22. The summed E-state index contributed by atoms with van der Waals surface area (Å²) in [7, 11) is 0. The number of rotatable bonds is 5. The number of halogens is 3. The molecular formula is C23H17F3N4O. The van der Waals surface area contributed by atoms with Crippen LogP contribution in [0.5, 0.6) is 0 Å². The number of pyridine rings is 1. The Morgan fingerprint density at radius 2 is 1.65 bits per heavy atom. The zero-order valence-electron chi connectivity index (χ0n) is 16.4. The molecule has 4 rings (SSSR count). The molecule has 31 heavy (non-hydrogen) atoms. The van der Waals surface area contributed by atoms with Crippen LogP contribution in [-0.2, 0) is 0 Å². The molecule has 1 N–H and O–H groups in total. The number of fused-ring (bicyclic) bond motifs is 1. The summed E-state index contributed by atoms with van der Waals surface area (Å²) in [5.74, 6) is -1.74. The Labute approximate surface area is 176 Å². The van der Waals surface area contributed by atoms with E-state index in [0.29, 0.717) is 27.8 Å². The summed E-state index contributed by atoms with van der Waals surface area (Å²) in [5, 5.41) is 12.0. The second-order valence-electron chi connectivity index (χ2n) is 7.00. The summed E-state index contributed by atoms with van der Waals surface area (Å²) in [6.07, 6.45) is -1.92. The van der Waals surface area contributed by atoms with Crippen molar-refractivity contribution in [3.8, 4) is 0 Å². The number of nitrogens with one attached hydrogen (secondary N) is 1. The molecule has 5 nitrogen and oxygen atoms in total. The summed E-state index contributed by atoms with van der Waals surface area (Å²) in [6.45, 7) is 1.46. The van der Waals surface area contributed by atoms with E-state index in [9.17, 15) is 18.0 Å². The number of nitrogens with zero attached hydrogens (tertiary/aromatic N) is 3. The monoisotopic (exact) mass is 422 g/mol. The van der Waals surface area contributed by atoms with Gasteiger partial charge >= 0.3 is 6.18 Å². The normalized spacial score (nSPS) is 12.5. The molecule has 1 atom stereocenters. The maximum absolute atomic E-state index is 14.1. The Hall–Kier alpha value is -3.81. The number of anilines is 2. The van der Waals surface area contributed by atoms with Crippen LogP contribution < -0.4 is 5.32 Å². The van der Waals surface area contributed by atoms with Crippen LogP contribution >= 0.6 is 0 Å². The van der Waals surface area contributed by atoms with Crippen LogP contribution in [-0.4, -0.2) is 27.1 Å². The predicted octanol–water partition coefficient (Wildman–Crippen LogP) is 5.67. The number of carbonyl (C=O) groups excluding carboxylic acids is 1.